The number of aromatic nitrogens is 2. The molecular weight excluding hydrogens is 320 g/mol. The number of hydrogen-bond donors (Lipinski definition) is 0. The number of Topliss-reactive ketones (excluding diaryl/α,β-unsaturated/α-hetero) is 1. The standard InChI is InChI=1S/C11H9BrN2OS2/c1-6(15)9-4-3-8(12)5-10(9)16-11-13-7(2)14-17-11/h3-5H,1-2H3. The van der Waals surface area contributed by atoms with Crippen molar-refractivity contribution in [2.45, 2.75) is 23.1 Å². The molecule has 0 spiro atoms. The van der Waals surface area contributed by atoms with Crippen LogP contribution in [0.2, 0.25) is 0 Å². The van der Waals surface area contributed by atoms with Gasteiger partial charge in [-0.2, -0.15) is 4.37 Å². The van der Waals surface area contributed by atoms with Gasteiger partial charge in [0.2, 0.25) is 0 Å². The molecule has 0 aliphatic heterocycles. The van der Waals surface area contributed by atoms with Crippen LogP contribution in [0.15, 0.2) is 31.9 Å². The van der Waals surface area contributed by atoms with Crippen LogP contribution in [0, 0.1) is 6.92 Å². The predicted octanol–water partition coefficient (Wildman–Crippen LogP) is 3.96. The minimum Gasteiger partial charge on any atom is -0.294 e. The highest BCUT2D eigenvalue weighted by Crippen LogP contribution is 2.33. The lowest BCUT2D eigenvalue weighted by Gasteiger charge is -2.04. The Morgan fingerprint density at radius 3 is 2.82 bits per heavy atom. The molecule has 0 saturated carbocycles. The van der Waals surface area contributed by atoms with Gasteiger partial charge in [-0.3, -0.25) is 4.79 Å². The Bertz CT molecular complexity index is 568. The summed E-state index contributed by atoms with van der Waals surface area (Å²) in [5, 5.41) is 0. The Labute approximate surface area is 116 Å². The van der Waals surface area contributed by atoms with Crippen LogP contribution in [0.5, 0.6) is 0 Å². The molecule has 88 valence electrons. The summed E-state index contributed by atoms with van der Waals surface area (Å²) in [4.78, 5) is 16.7. The lowest BCUT2D eigenvalue weighted by Crippen LogP contribution is -1.94. The first kappa shape index (κ1) is 12.7. The zero-order chi connectivity index (χ0) is 12.4. The normalized spacial score (nSPS) is 10.5. The molecule has 0 radical (unpaired) electrons. The molecule has 0 atom stereocenters. The quantitative estimate of drug-likeness (QED) is 0.800. The van der Waals surface area contributed by atoms with Gasteiger partial charge in [-0.25, -0.2) is 4.98 Å². The first-order valence-electron chi connectivity index (χ1n) is 4.85. The van der Waals surface area contributed by atoms with E-state index >= 15 is 0 Å². The van der Waals surface area contributed by atoms with E-state index in [0.29, 0.717) is 5.56 Å². The zero-order valence-corrected chi connectivity index (χ0v) is 12.4. The molecule has 6 heteroatoms. The topological polar surface area (TPSA) is 42.9 Å². The summed E-state index contributed by atoms with van der Waals surface area (Å²) in [6.45, 7) is 3.42. The van der Waals surface area contributed by atoms with Gasteiger partial charge in [0, 0.05) is 14.9 Å². The monoisotopic (exact) mass is 328 g/mol. The van der Waals surface area contributed by atoms with Crippen molar-refractivity contribution in [1.29, 1.82) is 0 Å². The Kier molecular flexibility index (Phi) is 3.96. The molecule has 0 aliphatic rings. The molecule has 0 N–H and O–H groups in total. The molecule has 1 aromatic heterocycles. The molecule has 1 aromatic carbocycles. The SMILES string of the molecule is CC(=O)c1ccc(Br)cc1Sc1nc(C)ns1. The van der Waals surface area contributed by atoms with Gasteiger partial charge in [0.25, 0.3) is 0 Å². The maximum atomic E-state index is 11.5. The van der Waals surface area contributed by atoms with Crippen LogP contribution in [0.1, 0.15) is 23.1 Å². The smallest absolute Gasteiger partial charge is 0.174 e. The molecule has 0 amide bonds. The third-order valence-corrected chi connectivity index (χ3v) is 4.42. The zero-order valence-electron chi connectivity index (χ0n) is 9.23. The molecule has 1 heterocycles. The van der Waals surface area contributed by atoms with Crippen molar-refractivity contribution in [2.24, 2.45) is 0 Å². The van der Waals surface area contributed by atoms with Crippen LogP contribution in [0.25, 0.3) is 0 Å². The van der Waals surface area contributed by atoms with Crippen molar-refractivity contribution in [3.05, 3.63) is 34.1 Å². The number of benzene rings is 1. The molecule has 0 unspecified atom stereocenters. The van der Waals surface area contributed by atoms with Crippen molar-refractivity contribution >= 4 is 45.0 Å². The number of halogens is 1. The summed E-state index contributed by atoms with van der Waals surface area (Å²) in [6, 6.07) is 5.62. The van der Waals surface area contributed by atoms with Crippen LogP contribution in [-0.2, 0) is 0 Å². The first-order chi connectivity index (χ1) is 8.06. The van der Waals surface area contributed by atoms with Crippen molar-refractivity contribution in [1.82, 2.24) is 9.36 Å². The summed E-state index contributed by atoms with van der Waals surface area (Å²) >= 11 is 6.22. The highest BCUT2D eigenvalue weighted by Gasteiger charge is 2.11. The number of rotatable bonds is 3. The van der Waals surface area contributed by atoms with Crippen LogP contribution >= 0.6 is 39.2 Å². The molecule has 0 saturated heterocycles. The van der Waals surface area contributed by atoms with E-state index in [4.69, 9.17) is 0 Å². The minimum absolute atomic E-state index is 0.0567. The average molecular weight is 329 g/mol. The highest BCUT2D eigenvalue weighted by atomic mass is 79.9. The summed E-state index contributed by atoms with van der Waals surface area (Å²) in [5.74, 6) is 0.818. The Morgan fingerprint density at radius 2 is 2.24 bits per heavy atom. The van der Waals surface area contributed by atoms with Gasteiger partial charge < -0.3 is 0 Å². The van der Waals surface area contributed by atoms with Gasteiger partial charge in [0.1, 0.15) is 5.82 Å². The summed E-state index contributed by atoms with van der Waals surface area (Å²) in [7, 11) is 0. The van der Waals surface area contributed by atoms with E-state index in [1.807, 2.05) is 25.1 Å². The van der Waals surface area contributed by atoms with Crippen molar-refractivity contribution in [3.63, 3.8) is 0 Å². The fraction of sp³-hybridized carbons (Fsp3) is 0.182. The highest BCUT2D eigenvalue weighted by molar-refractivity contribution is 9.10. The van der Waals surface area contributed by atoms with Gasteiger partial charge in [-0.1, -0.05) is 27.7 Å². The lowest BCUT2D eigenvalue weighted by molar-refractivity contribution is 0.101. The van der Waals surface area contributed by atoms with E-state index < -0.39 is 0 Å². The molecular formula is C11H9BrN2OS2. The Morgan fingerprint density at radius 1 is 1.47 bits per heavy atom. The van der Waals surface area contributed by atoms with Crippen LogP contribution in [0.4, 0.5) is 0 Å². The third kappa shape index (κ3) is 3.14. The fourth-order valence-electron chi connectivity index (χ4n) is 1.29. The number of nitrogens with zero attached hydrogens (tertiary/aromatic N) is 2. The van der Waals surface area contributed by atoms with E-state index in [2.05, 4.69) is 25.3 Å². The molecule has 0 bridgehead atoms. The second-order valence-corrected chi connectivity index (χ2v) is 6.36. The Balaban J connectivity index is 2.37. The number of hydrogen-bond acceptors (Lipinski definition) is 5. The fourth-order valence-corrected chi connectivity index (χ4v) is 3.63. The molecule has 17 heavy (non-hydrogen) atoms. The van der Waals surface area contributed by atoms with Crippen LogP contribution in [-0.4, -0.2) is 15.1 Å². The van der Waals surface area contributed by atoms with Crippen LogP contribution < -0.4 is 0 Å². The second-order valence-electron chi connectivity index (χ2n) is 3.41. The summed E-state index contributed by atoms with van der Waals surface area (Å²) < 4.78 is 5.92. The van der Waals surface area contributed by atoms with Crippen molar-refractivity contribution in [3.8, 4) is 0 Å². The second kappa shape index (κ2) is 5.29. The summed E-state index contributed by atoms with van der Waals surface area (Å²) in [6.07, 6.45) is 0. The van der Waals surface area contributed by atoms with E-state index in [9.17, 15) is 4.79 Å². The lowest BCUT2D eigenvalue weighted by atomic mass is 10.1. The van der Waals surface area contributed by atoms with E-state index in [-0.39, 0.29) is 5.78 Å². The van der Waals surface area contributed by atoms with Gasteiger partial charge >= 0.3 is 0 Å². The molecule has 3 nitrogen and oxygen atoms in total. The van der Waals surface area contributed by atoms with Crippen molar-refractivity contribution in [2.75, 3.05) is 0 Å². The number of carbonyl (C=O) groups is 1. The molecule has 2 aromatic rings. The summed E-state index contributed by atoms with van der Waals surface area (Å²) in [5.41, 5.74) is 0.714. The van der Waals surface area contributed by atoms with E-state index in [1.165, 1.54) is 23.3 Å². The minimum atomic E-state index is 0.0567. The van der Waals surface area contributed by atoms with E-state index in [0.717, 1.165) is 19.5 Å². The maximum Gasteiger partial charge on any atom is 0.174 e. The van der Waals surface area contributed by atoms with Gasteiger partial charge in [0.15, 0.2) is 10.1 Å². The van der Waals surface area contributed by atoms with Crippen molar-refractivity contribution < 1.29 is 4.79 Å². The number of ketones is 1. The number of aryl methyl sites for hydroxylation is 1. The Hall–Kier alpha value is -0.720. The number of carbonyl (C=O) groups excluding carboxylic acids is 1. The largest absolute Gasteiger partial charge is 0.294 e. The van der Waals surface area contributed by atoms with Gasteiger partial charge in [-0.05, 0) is 43.6 Å². The average Bonchev–Trinajstić information content (AvgIpc) is 2.63. The van der Waals surface area contributed by atoms with E-state index in [1.54, 1.807) is 6.92 Å². The molecule has 0 fully saturated rings. The third-order valence-electron chi connectivity index (χ3n) is 2.03. The molecule has 0 aliphatic carbocycles. The maximum absolute atomic E-state index is 11.5. The van der Waals surface area contributed by atoms with Crippen LogP contribution in [0.3, 0.4) is 0 Å². The predicted molar refractivity (Wildman–Crippen MR) is 72.9 cm³/mol. The van der Waals surface area contributed by atoms with Gasteiger partial charge in [0.05, 0.1) is 0 Å². The molecule has 2 rings (SSSR count). The first-order valence-corrected chi connectivity index (χ1v) is 7.23. The van der Waals surface area contributed by atoms with Gasteiger partial charge in [-0.15, -0.1) is 0 Å².